The number of amides is 3. The highest BCUT2D eigenvalue weighted by molar-refractivity contribution is 6.13. The Morgan fingerprint density at radius 3 is 2.50 bits per heavy atom. The summed E-state index contributed by atoms with van der Waals surface area (Å²) in [6.45, 7) is 1.41. The molecule has 28 heavy (non-hydrogen) atoms. The van der Waals surface area contributed by atoms with Crippen molar-refractivity contribution in [2.45, 2.75) is 25.8 Å². The zero-order valence-corrected chi connectivity index (χ0v) is 15.1. The zero-order chi connectivity index (χ0) is 20.7. The zero-order valence-electron chi connectivity index (χ0n) is 15.1. The van der Waals surface area contributed by atoms with E-state index in [2.05, 4.69) is 5.32 Å². The fraction of sp³-hybridized carbons (Fsp3) is 0.316. The van der Waals surface area contributed by atoms with Gasteiger partial charge in [0.1, 0.15) is 12.4 Å². The van der Waals surface area contributed by atoms with Crippen molar-refractivity contribution in [1.29, 1.82) is 0 Å². The van der Waals surface area contributed by atoms with Crippen molar-refractivity contribution in [2.24, 2.45) is 0 Å². The number of hydrogen-bond donors (Lipinski definition) is 1. The molecule has 1 aromatic rings. The molecule has 1 aliphatic heterocycles. The number of hydrogen-bond acceptors (Lipinski definition) is 6. The van der Waals surface area contributed by atoms with E-state index in [9.17, 15) is 28.4 Å². The molecule has 9 heteroatoms. The molecule has 1 heterocycles. The predicted molar refractivity (Wildman–Crippen MR) is 95.2 cm³/mol. The van der Waals surface area contributed by atoms with Gasteiger partial charge in [-0.25, -0.2) is 0 Å². The summed E-state index contributed by atoms with van der Waals surface area (Å²) in [6.07, 6.45) is 1.94. The number of halogens is 1. The number of imide groups is 1. The van der Waals surface area contributed by atoms with Gasteiger partial charge in [-0.3, -0.25) is 28.9 Å². The number of ether oxygens (including phenoxy) is 1. The molecule has 0 spiro atoms. The maximum Gasteiger partial charge on any atom is 0.302 e. The molecule has 0 saturated heterocycles. The second-order valence-electron chi connectivity index (χ2n) is 6.11. The molecule has 8 nitrogen and oxygen atoms in total. The fourth-order valence-corrected chi connectivity index (χ4v) is 2.64. The molecule has 1 unspecified atom stereocenters. The first kappa shape index (κ1) is 20.9. The maximum absolute atomic E-state index is 12.2. The van der Waals surface area contributed by atoms with Gasteiger partial charge < -0.3 is 10.1 Å². The Hall–Kier alpha value is -3.36. The summed E-state index contributed by atoms with van der Waals surface area (Å²) in [5.74, 6) is -1.45. The minimum absolute atomic E-state index is 0.152. The first-order valence-corrected chi connectivity index (χ1v) is 8.51. The molecule has 0 aliphatic carbocycles. The highest BCUT2D eigenvalue weighted by atomic mass is 19.1. The van der Waals surface area contributed by atoms with E-state index in [4.69, 9.17) is 4.74 Å². The molecule has 3 amide bonds. The maximum atomic E-state index is 12.2. The van der Waals surface area contributed by atoms with Crippen LogP contribution in [-0.2, 0) is 19.2 Å². The molecular weight excluding hydrogens is 371 g/mol. The monoisotopic (exact) mass is 390 g/mol. The summed E-state index contributed by atoms with van der Waals surface area (Å²) in [5, 5.41) is 2.45. The van der Waals surface area contributed by atoms with Crippen molar-refractivity contribution in [3.8, 4) is 5.75 Å². The van der Waals surface area contributed by atoms with E-state index < -0.39 is 36.2 Å². The van der Waals surface area contributed by atoms with Gasteiger partial charge in [0.15, 0.2) is 6.29 Å². The molecule has 1 N–H and O–H groups in total. The van der Waals surface area contributed by atoms with Gasteiger partial charge in [0.2, 0.25) is 5.91 Å². The lowest BCUT2D eigenvalue weighted by Crippen LogP contribution is -2.50. The predicted octanol–water partition coefficient (Wildman–Crippen LogP) is 0.872. The topological polar surface area (TPSA) is 110 Å². The summed E-state index contributed by atoms with van der Waals surface area (Å²) in [6, 6.07) is 2.53. The average Bonchev–Trinajstić information content (AvgIpc) is 2.98. The second kappa shape index (κ2) is 9.54. The van der Waals surface area contributed by atoms with Crippen molar-refractivity contribution in [2.75, 3.05) is 13.2 Å². The van der Waals surface area contributed by atoms with Crippen LogP contribution in [0, 0.1) is 6.92 Å². The number of carbonyl (C=O) groups is 5. The first-order chi connectivity index (χ1) is 13.3. The second-order valence-corrected chi connectivity index (χ2v) is 6.11. The van der Waals surface area contributed by atoms with Crippen molar-refractivity contribution >= 4 is 30.0 Å². The van der Waals surface area contributed by atoms with E-state index in [0.717, 1.165) is 17.1 Å². The molecule has 0 saturated carbocycles. The number of nitrogens with zero attached hydrogens (tertiary/aromatic N) is 1. The lowest BCUT2D eigenvalue weighted by atomic mass is 10.1. The minimum atomic E-state index is -1.61. The molecule has 148 valence electrons. The number of benzene rings is 1. The number of carbonyl (C=O) groups excluding carboxylic acids is 5. The highest BCUT2D eigenvalue weighted by Crippen LogP contribution is 2.21. The van der Waals surface area contributed by atoms with Crippen LogP contribution < -0.4 is 10.1 Å². The van der Waals surface area contributed by atoms with E-state index in [1.165, 1.54) is 0 Å². The smallest absolute Gasteiger partial charge is 0.302 e. The van der Waals surface area contributed by atoms with Crippen LogP contribution >= 0.6 is 0 Å². The third-order valence-corrected chi connectivity index (χ3v) is 4.13. The van der Waals surface area contributed by atoms with Gasteiger partial charge in [0.25, 0.3) is 11.8 Å². The van der Waals surface area contributed by atoms with Crippen LogP contribution in [0.4, 0.5) is 4.39 Å². The fourth-order valence-electron chi connectivity index (χ4n) is 2.64. The van der Waals surface area contributed by atoms with Crippen molar-refractivity contribution in [1.82, 2.24) is 10.2 Å². The summed E-state index contributed by atoms with van der Waals surface area (Å²) in [4.78, 5) is 58.2. The third-order valence-electron chi connectivity index (χ3n) is 4.13. The van der Waals surface area contributed by atoms with Crippen molar-refractivity contribution < 1.29 is 33.1 Å². The molecule has 1 aliphatic rings. The molecule has 0 fully saturated rings. The Morgan fingerprint density at radius 1 is 1.21 bits per heavy atom. The molecule has 0 bridgehead atoms. The summed E-state index contributed by atoms with van der Waals surface area (Å²) < 4.78 is 17.9. The molecule has 0 aromatic heterocycles. The summed E-state index contributed by atoms with van der Waals surface area (Å²) >= 11 is 0. The van der Waals surface area contributed by atoms with E-state index in [1.807, 2.05) is 0 Å². The van der Waals surface area contributed by atoms with E-state index in [1.54, 1.807) is 25.1 Å². The van der Waals surface area contributed by atoms with Crippen molar-refractivity contribution in [3.63, 3.8) is 0 Å². The van der Waals surface area contributed by atoms with Crippen LogP contribution in [-0.4, -0.2) is 54.1 Å². The minimum Gasteiger partial charge on any atom is -0.491 e. The van der Waals surface area contributed by atoms with E-state index in [0.29, 0.717) is 17.4 Å². The van der Waals surface area contributed by atoms with Gasteiger partial charge in [0.05, 0.1) is 11.6 Å². The van der Waals surface area contributed by atoms with Gasteiger partial charge in [-0.05, 0) is 18.6 Å². The Morgan fingerprint density at radius 2 is 1.89 bits per heavy atom. The molecule has 2 rings (SSSR count). The van der Waals surface area contributed by atoms with Crippen LogP contribution in [0.15, 0.2) is 30.4 Å². The molecule has 1 atom stereocenters. The quantitative estimate of drug-likeness (QED) is 0.361. The Kier molecular flexibility index (Phi) is 7.14. The largest absolute Gasteiger partial charge is 0.491 e. The highest BCUT2D eigenvalue weighted by Gasteiger charge is 2.32. The SMILES string of the molecule is Cc1cccc(OCC(CNC(=O)CCC(=O)F)N2C(=O)C=CC2=O)c1C=O. The van der Waals surface area contributed by atoms with Gasteiger partial charge in [-0.2, -0.15) is 4.39 Å². The Balaban J connectivity index is 2.09. The third kappa shape index (κ3) is 5.32. The number of rotatable bonds is 10. The van der Waals surface area contributed by atoms with Crippen LogP contribution in [0.5, 0.6) is 5.75 Å². The van der Waals surface area contributed by atoms with Crippen molar-refractivity contribution in [3.05, 3.63) is 41.5 Å². The summed E-state index contributed by atoms with van der Waals surface area (Å²) in [7, 11) is 0. The van der Waals surface area contributed by atoms with E-state index in [-0.39, 0.29) is 25.3 Å². The van der Waals surface area contributed by atoms with Gasteiger partial charge >= 0.3 is 6.04 Å². The van der Waals surface area contributed by atoms with Crippen LogP contribution in [0.3, 0.4) is 0 Å². The standard InChI is InChI=1S/C19H19FN2O6/c1-12-3-2-4-15(14(12)10-23)28-11-13(22-18(26)7-8-19(22)27)9-21-17(25)6-5-16(20)24/h2-4,7-8,10,13H,5-6,9,11H2,1H3,(H,21,25). The van der Waals surface area contributed by atoms with Crippen LogP contribution in [0.25, 0.3) is 0 Å². The van der Waals surface area contributed by atoms with E-state index >= 15 is 0 Å². The number of aldehydes is 1. The summed E-state index contributed by atoms with van der Waals surface area (Å²) in [5.41, 5.74) is 1.03. The number of aryl methyl sites for hydroxylation is 1. The molecular formula is C19H19FN2O6. The van der Waals surface area contributed by atoms with Gasteiger partial charge in [-0.15, -0.1) is 0 Å². The van der Waals surface area contributed by atoms with Gasteiger partial charge in [-0.1, -0.05) is 12.1 Å². The Labute approximate surface area is 160 Å². The molecule has 0 radical (unpaired) electrons. The molecule has 1 aromatic carbocycles. The lowest BCUT2D eigenvalue weighted by molar-refractivity contribution is -0.140. The van der Waals surface area contributed by atoms with Gasteiger partial charge in [0, 0.05) is 31.5 Å². The lowest BCUT2D eigenvalue weighted by Gasteiger charge is -2.26. The Bertz CT molecular complexity index is 818. The normalized spacial score (nSPS) is 14.1. The van der Waals surface area contributed by atoms with Crippen LogP contribution in [0.1, 0.15) is 28.8 Å². The number of nitrogens with one attached hydrogen (secondary N) is 1. The first-order valence-electron chi connectivity index (χ1n) is 8.51. The average molecular weight is 390 g/mol. The van der Waals surface area contributed by atoms with Crippen LogP contribution in [0.2, 0.25) is 0 Å².